The highest BCUT2D eigenvalue weighted by Gasteiger charge is 2.19. The van der Waals surface area contributed by atoms with Crippen molar-refractivity contribution < 1.29 is 0 Å². The fraction of sp³-hybridized carbons (Fsp3) is 0.417. The molecule has 0 saturated carbocycles. The first-order valence-electron chi connectivity index (χ1n) is 5.37. The zero-order valence-electron chi connectivity index (χ0n) is 10.2. The minimum atomic E-state index is 0.0831. The van der Waals surface area contributed by atoms with Gasteiger partial charge in [-0.1, -0.05) is 32.9 Å². The van der Waals surface area contributed by atoms with E-state index in [0.717, 1.165) is 11.0 Å². The fourth-order valence-electron chi connectivity index (χ4n) is 1.95. The Bertz CT molecular complexity index is 520. The van der Waals surface area contributed by atoms with E-state index < -0.39 is 0 Å². The smallest absolute Gasteiger partial charge is 0.218 e. The molecule has 0 radical (unpaired) electrons. The maximum absolute atomic E-state index is 5.44. The molecule has 0 aliphatic carbocycles. The van der Waals surface area contributed by atoms with E-state index in [1.54, 1.807) is 0 Å². The van der Waals surface area contributed by atoms with Gasteiger partial charge in [0.05, 0.1) is 11.0 Å². The van der Waals surface area contributed by atoms with E-state index in [4.69, 9.17) is 5.84 Å². The van der Waals surface area contributed by atoms with E-state index in [9.17, 15) is 0 Å². The van der Waals surface area contributed by atoms with Crippen LogP contribution in [0.2, 0.25) is 0 Å². The van der Waals surface area contributed by atoms with Crippen LogP contribution in [-0.4, -0.2) is 9.55 Å². The molecule has 86 valence electrons. The van der Waals surface area contributed by atoms with Crippen LogP contribution in [0.4, 0.5) is 5.95 Å². The number of hydrogen-bond acceptors (Lipinski definition) is 3. The molecular formula is C12H18N4. The zero-order chi connectivity index (χ0) is 11.9. The molecule has 0 bridgehead atoms. The van der Waals surface area contributed by atoms with E-state index in [-0.39, 0.29) is 5.41 Å². The Morgan fingerprint density at radius 2 is 2.00 bits per heavy atom. The van der Waals surface area contributed by atoms with Gasteiger partial charge >= 0.3 is 0 Å². The molecule has 1 aromatic heterocycles. The highest BCUT2D eigenvalue weighted by molar-refractivity contribution is 5.82. The number of benzene rings is 1. The maximum Gasteiger partial charge on any atom is 0.218 e. The average molecular weight is 218 g/mol. The molecule has 0 aliphatic rings. The van der Waals surface area contributed by atoms with E-state index in [1.165, 1.54) is 5.56 Å². The topological polar surface area (TPSA) is 55.9 Å². The molecule has 0 unspecified atom stereocenters. The van der Waals surface area contributed by atoms with Crippen LogP contribution in [0.3, 0.4) is 0 Å². The number of nitrogens with one attached hydrogen (secondary N) is 1. The number of anilines is 1. The Kier molecular flexibility index (Phi) is 2.39. The normalized spacial score (nSPS) is 12.1. The van der Waals surface area contributed by atoms with Crippen LogP contribution in [0, 0.1) is 0 Å². The predicted octanol–water partition coefficient (Wildman–Crippen LogP) is 2.16. The number of aryl methyl sites for hydroxylation is 1. The summed E-state index contributed by atoms with van der Waals surface area (Å²) in [5, 5.41) is 0. The Morgan fingerprint density at radius 3 is 2.56 bits per heavy atom. The van der Waals surface area contributed by atoms with Crippen LogP contribution in [0.25, 0.3) is 11.0 Å². The molecule has 0 amide bonds. The summed E-state index contributed by atoms with van der Waals surface area (Å²) in [6.07, 6.45) is 0. The molecule has 4 heteroatoms. The van der Waals surface area contributed by atoms with E-state index in [0.29, 0.717) is 5.95 Å². The summed E-state index contributed by atoms with van der Waals surface area (Å²) in [5.41, 5.74) is 6.05. The van der Waals surface area contributed by atoms with Gasteiger partial charge in [0, 0.05) is 7.05 Å². The largest absolute Gasteiger partial charge is 0.312 e. The molecule has 1 heterocycles. The van der Waals surface area contributed by atoms with Gasteiger partial charge in [-0.15, -0.1) is 0 Å². The van der Waals surface area contributed by atoms with Gasteiger partial charge in [-0.25, -0.2) is 10.8 Å². The number of imidazole rings is 1. The van der Waals surface area contributed by atoms with Gasteiger partial charge in [0.25, 0.3) is 0 Å². The van der Waals surface area contributed by atoms with E-state index in [1.807, 2.05) is 11.6 Å². The first kappa shape index (κ1) is 11.0. The quantitative estimate of drug-likeness (QED) is 0.569. The lowest BCUT2D eigenvalue weighted by atomic mass is 9.86. The summed E-state index contributed by atoms with van der Waals surface area (Å²) in [6, 6.07) is 6.24. The van der Waals surface area contributed by atoms with Crippen LogP contribution in [0.5, 0.6) is 0 Å². The first-order chi connectivity index (χ1) is 7.45. The number of hydrazine groups is 1. The third-order valence-electron chi connectivity index (χ3n) is 2.85. The fourth-order valence-corrected chi connectivity index (χ4v) is 1.95. The van der Waals surface area contributed by atoms with Crippen molar-refractivity contribution >= 4 is 17.0 Å². The van der Waals surface area contributed by atoms with Gasteiger partial charge in [-0.05, 0) is 17.0 Å². The van der Waals surface area contributed by atoms with Crippen molar-refractivity contribution in [3.8, 4) is 0 Å². The summed E-state index contributed by atoms with van der Waals surface area (Å²) < 4.78 is 1.96. The summed E-state index contributed by atoms with van der Waals surface area (Å²) in [5.74, 6) is 6.13. The second-order valence-electron chi connectivity index (χ2n) is 5.06. The molecule has 2 aromatic rings. The van der Waals surface area contributed by atoms with E-state index in [2.05, 4.69) is 49.4 Å². The second kappa shape index (κ2) is 3.49. The Hall–Kier alpha value is -1.55. The van der Waals surface area contributed by atoms with Crippen molar-refractivity contribution in [3.63, 3.8) is 0 Å². The summed E-state index contributed by atoms with van der Waals surface area (Å²) in [7, 11) is 1.96. The van der Waals surface area contributed by atoms with Gasteiger partial charge in [0.2, 0.25) is 5.95 Å². The molecule has 0 aliphatic heterocycles. The number of aromatic nitrogens is 2. The van der Waals surface area contributed by atoms with Crippen molar-refractivity contribution in [1.29, 1.82) is 0 Å². The Labute approximate surface area is 95.4 Å². The van der Waals surface area contributed by atoms with Gasteiger partial charge in [0.1, 0.15) is 0 Å². The number of para-hydroxylation sites is 1. The molecule has 3 N–H and O–H groups in total. The van der Waals surface area contributed by atoms with Crippen molar-refractivity contribution in [2.24, 2.45) is 12.9 Å². The van der Waals surface area contributed by atoms with Crippen molar-refractivity contribution in [1.82, 2.24) is 9.55 Å². The molecule has 1 aromatic carbocycles. The summed E-state index contributed by atoms with van der Waals surface area (Å²) in [6.45, 7) is 6.56. The van der Waals surface area contributed by atoms with Gasteiger partial charge < -0.3 is 4.57 Å². The lowest BCUT2D eigenvalue weighted by Gasteiger charge is -2.19. The number of nitrogen functional groups attached to an aromatic ring is 1. The van der Waals surface area contributed by atoms with Crippen molar-refractivity contribution in [2.75, 3.05) is 5.43 Å². The number of rotatable bonds is 1. The number of nitrogens with two attached hydrogens (primary N) is 1. The Morgan fingerprint density at radius 1 is 1.31 bits per heavy atom. The number of nitrogens with zero attached hydrogens (tertiary/aromatic N) is 2. The lowest BCUT2D eigenvalue weighted by molar-refractivity contribution is 0.595. The third-order valence-corrected chi connectivity index (χ3v) is 2.85. The molecule has 0 spiro atoms. The lowest BCUT2D eigenvalue weighted by Crippen LogP contribution is -2.12. The monoisotopic (exact) mass is 218 g/mol. The SMILES string of the molecule is Cn1c(NN)nc2c(C(C)(C)C)cccc21. The number of fused-ring (bicyclic) bond motifs is 1. The van der Waals surface area contributed by atoms with Crippen LogP contribution < -0.4 is 11.3 Å². The van der Waals surface area contributed by atoms with E-state index >= 15 is 0 Å². The first-order valence-corrected chi connectivity index (χ1v) is 5.37. The molecule has 0 atom stereocenters. The summed E-state index contributed by atoms with van der Waals surface area (Å²) >= 11 is 0. The van der Waals surface area contributed by atoms with Gasteiger partial charge in [0.15, 0.2) is 0 Å². The highest BCUT2D eigenvalue weighted by Crippen LogP contribution is 2.30. The van der Waals surface area contributed by atoms with Gasteiger partial charge in [-0.2, -0.15) is 0 Å². The minimum Gasteiger partial charge on any atom is -0.312 e. The molecule has 2 rings (SSSR count). The Balaban J connectivity index is 2.79. The summed E-state index contributed by atoms with van der Waals surface area (Å²) in [4.78, 5) is 4.52. The van der Waals surface area contributed by atoms with Crippen molar-refractivity contribution in [3.05, 3.63) is 23.8 Å². The predicted molar refractivity (Wildman–Crippen MR) is 67.2 cm³/mol. The molecule has 16 heavy (non-hydrogen) atoms. The van der Waals surface area contributed by atoms with Crippen LogP contribution in [-0.2, 0) is 12.5 Å². The maximum atomic E-state index is 5.44. The average Bonchev–Trinajstić information content (AvgIpc) is 2.54. The minimum absolute atomic E-state index is 0.0831. The van der Waals surface area contributed by atoms with Crippen LogP contribution >= 0.6 is 0 Å². The molecule has 0 fully saturated rings. The van der Waals surface area contributed by atoms with Crippen molar-refractivity contribution in [2.45, 2.75) is 26.2 Å². The highest BCUT2D eigenvalue weighted by atomic mass is 15.3. The zero-order valence-corrected chi connectivity index (χ0v) is 10.2. The molecular weight excluding hydrogens is 200 g/mol. The third kappa shape index (κ3) is 1.55. The second-order valence-corrected chi connectivity index (χ2v) is 5.06. The van der Waals surface area contributed by atoms with Crippen LogP contribution in [0.1, 0.15) is 26.3 Å². The molecule has 4 nitrogen and oxygen atoms in total. The molecule has 0 saturated heterocycles. The van der Waals surface area contributed by atoms with Crippen LogP contribution in [0.15, 0.2) is 18.2 Å². The van der Waals surface area contributed by atoms with Gasteiger partial charge in [-0.3, -0.25) is 5.43 Å². The number of hydrogen-bond donors (Lipinski definition) is 2. The standard InChI is InChI=1S/C12H18N4/c1-12(2,3)8-6-5-7-9-10(8)14-11(15-13)16(9)4/h5-7H,13H2,1-4H3,(H,14,15).